The zero-order valence-corrected chi connectivity index (χ0v) is 14.1. The van der Waals surface area contributed by atoms with Gasteiger partial charge in [0.25, 0.3) is 0 Å². The van der Waals surface area contributed by atoms with E-state index in [9.17, 15) is 0 Å². The first-order valence-electron chi connectivity index (χ1n) is 7.54. The molecular weight excluding hydrogens is 322 g/mol. The average Bonchev–Trinajstić information content (AvgIpc) is 3.20. The van der Waals surface area contributed by atoms with Gasteiger partial charge in [-0.1, -0.05) is 0 Å². The van der Waals surface area contributed by atoms with E-state index < -0.39 is 0 Å². The molecule has 0 amide bonds. The molecule has 0 saturated heterocycles. The van der Waals surface area contributed by atoms with E-state index in [2.05, 4.69) is 43.2 Å². The third-order valence-corrected chi connectivity index (χ3v) is 5.10. The highest BCUT2D eigenvalue weighted by Gasteiger charge is 2.17. The largest absolute Gasteiger partial charge is 0.282 e. The lowest BCUT2D eigenvalue weighted by molar-refractivity contribution is 0.934. The Bertz CT molecular complexity index is 1240. The fourth-order valence-corrected chi connectivity index (χ4v) is 4.23. The van der Waals surface area contributed by atoms with Gasteiger partial charge in [0, 0.05) is 16.8 Å². The first-order valence-corrected chi connectivity index (χ1v) is 8.36. The standard InChI is InChI=1S/C16H13N7S/c1-7-4-8(2)18-16-11(7)12-13(24-16)15-19-14(22-23(15)6-17-12)10-5-9(3)20-21-10/h4-6H,1-3H3,(H,20,21). The molecule has 0 saturated carbocycles. The van der Waals surface area contributed by atoms with Crippen LogP contribution < -0.4 is 0 Å². The van der Waals surface area contributed by atoms with Crippen molar-refractivity contribution in [2.45, 2.75) is 20.8 Å². The summed E-state index contributed by atoms with van der Waals surface area (Å²) in [7, 11) is 0. The molecule has 0 aliphatic heterocycles. The highest BCUT2D eigenvalue weighted by Crippen LogP contribution is 2.35. The van der Waals surface area contributed by atoms with Crippen molar-refractivity contribution in [1.82, 2.24) is 34.8 Å². The van der Waals surface area contributed by atoms with Crippen LogP contribution in [0.25, 0.3) is 37.6 Å². The topological polar surface area (TPSA) is 84.6 Å². The van der Waals surface area contributed by atoms with Gasteiger partial charge in [-0.2, -0.15) is 5.10 Å². The number of H-pyrrole nitrogens is 1. The summed E-state index contributed by atoms with van der Waals surface area (Å²) in [5.74, 6) is 0.590. The molecule has 0 atom stereocenters. The minimum Gasteiger partial charge on any atom is -0.282 e. The van der Waals surface area contributed by atoms with Gasteiger partial charge < -0.3 is 0 Å². The minimum absolute atomic E-state index is 0.590. The van der Waals surface area contributed by atoms with Crippen LogP contribution in [0.15, 0.2) is 18.5 Å². The number of aromatic amines is 1. The Morgan fingerprint density at radius 3 is 2.79 bits per heavy atom. The monoisotopic (exact) mass is 335 g/mol. The zero-order valence-electron chi connectivity index (χ0n) is 13.3. The molecule has 7 nitrogen and oxygen atoms in total. The van der Waals surface area contributed by atoms with E-state index in [1.165, 1.54) is 5.56 Å². The van der Waals surface area contributed by atoms with Crippen molar-refractivity contribution in [3.63, 3.8) is 0 Å². The molecule has 5 rings (SSSR count). The Kier molecular flexibility index (Phi) is 2.58. The maximum atomic E-state index is 4.68. The summed E-state index contributed by atoms with van der Waals surface area (Å²) >= 11 is 1.61. The third-order valence-electron chi connectivity index (χ3n) is 4.03. The highest BCUT2D eigenvalue weighted by atomic mass is 32.1. The van der Waals surface area contributed by atoms with Gasteiger partial charge in [0.05, 0.1) is 5.52 Å². The van der Waals surface area contributed by atoms with Gasteiger partial charge >= 0.3 is 0 Å². The maximum Gasteiger partial charge on any atom is 0.202 e. The van der Waals surface area contributed by atoms with E-state index >= 15 is 0 Å². The summed E-state index contributed by atoms with van der Waals surface area (Å²) in [5, 5.41) is 12.8. The molecule has 8 heteroatoms. The van der Waals surface area contributed by atoms with E-state index in [0.29, 0.717) is 5.82 Å². The second kappa shape index (κ2) is 4.57. The van der Waals surface area contributed by atoms with Gasteiger partial charge in [-0.15, -0.1) is 16.4 Å². The van der Waals surface area contributed by atoms with Crippen molar-refractivity contribution in [2.75, 3.05) is 0 Å². The van der Waals surface area contributed by atoms with E-state index in [1.54, 1.807) is 22.2 Å². The predicted octanol–water partition coefficient (Wildman–Crippen LogP) is 3.20. The second-order valence-electron chi connectivity index (χ2n) is 5.92. The van der Waals surface area contributed by atoms with Crippen LogP contribution in [0.2, 0.25) is 0 Å². The molecule has 0 bridgehead atoms. The summed E-state index contributed by atoms with van der Waals surface area (Å²) < 4.78 is 2.71. The number of nitrogens with one attached hydrogen (secondary N) is 1. The maximum absolute atomic E-state index is 4.68. The van der Waals surface area contributed by atoms with Crippen LogP contribution in [-0.2, 0) is 0 Å². The lowest BCUT2D eigenvalue weighted by atomic mass is 10.1. The Balaban J connectivity index is 1.86. The van der Waals surface area contributed by atoms with Gasteiger partial charge in [0.2, 0.25) is 5.82 Å². The van der Waals surface area contributed by atoms with Crippen molar-refractivity contribution in [3.8, 4) is 11.5 Å². The third kappa shape index (κ3) is 1.80. The number of thiophene rings is 1. The van der Waals surface area contributed by atoms with Crippen molar-refractivity contribution < 1.29 is 0 Å². The highest BCUT2D eigenvalue weighted by molar-refractivity contribution is 7.26. The molecule has 0 fully saturated rings. The van der Waals surface area contributed by atoms with Crippen LogP contribution in [0.1, 0.15) is 17.0 Å². The lowest BCUT2D eigenvalue weighted by Gasteiger charge is -1.98. The molecule has 24 heavy (non-hydrogen) atoms. The smallest absolute Gasteiger partial charge is 0.202 e. The molecule has 0 radical (unpaired) electrons. The fraction of sp³-hybridized carbons (Fsp3) is 0.188. The second-order valence-corrected chi connectivity index (χ2v) is 6.92. The zero-order chi connectivity index (χ0) is 16.4. The Labute approximate surface area is 140 Å². The van der Waals surface area contributed by atoms with Gasteiger partial charge in [-0.25, -0.2) is 19.5 Å². The molecule has 5 heterocycles. The number of fused-ring (bicyclic) bond motifs is 5. The summed E-state index contributed by atoms with van der Waals surface area (Å²) in [6, 6.07) is 4.02. The van der Waals surface area contributed by atoms with E-state index in [4.69, 9.17) is 0 Å². The van der Waals surface area contributed by atoms with E-state index in [0.717, 1.165) is 43.2 Å². The van der Waals surface area contributed by atoms with Crippen molar-refractivity contribution in [3.05, 3.63) is 35.4 Å². The van der Waals surface area contributed by atoms with Gasteiger partial charge in [0.15, 0.2) is 5.65 Å². The summed E-state index contributed by atoms with van der Waals surface area (Å²) in [4.78, 5) is 14.9. The molecule has 1 N–H and O–H groups in total. The summed E-state index contributed by atoms with van der Waals surface area (Å²) in [6.45, 7) is 6.06. The molecule has 118 valence electrons. The van der Waals surface area contributed by atoms with Gasteiger partial charge in [-0.05, 0) is 38.5 Å². The Morgan fingerprint density at radius 1 is 1.12 bits per heavy atom. The van der Waals surface area contributed by atoms with Gasteiger partial charge in [-0.3, -0.25) is 5.10 Å². The van der Waals surface area contributed by atoms with Gasteiger partial charge in [0.1, 0.15) is 21.6 Å². The van der Waals surface area contributed by atoms with Crippen LogP contribution in [-0.4, -0.2) is 34.8 Å². The molecule has 0 aliphatic rings. The van der Waals surface area contributed by atoms with Crippen molar-refractivity contribution in [1.29, 1.82) is 0 Å². The van der Waals surface area contributed by atoms with E-state index in [1.807, 2.05) is 19.9 Å². The SMILES string of the molecule is Cc1cc(C)c2c(n1)sc1c2ncn2nc(-c3cc(C)[nH]n3)nc12. The number of pyridine rings is 1. The van der Waals surface area contributed by atoms with Crippen LogP contribution in [0.3, 0.4) is 0 Å². The summed E-state index contributed by atoms with van der Waals surface area (Å²) in [6.07, 6.45) is 1.71. The number of rotatable bonds is 1. The molecule has 5 aromatic rings. The normalized spacial score (nSPS) is 12.0. The number of nitrogens with zero attached hydrogens (tertiary/aromatic N) is 6. The number of hydrogen-bond acceptors (Lipinski definition) is 6. The van der Waals surface area contributed by atoms with E-state index in [-0.39, 0.29) is 0 Å². The quantitative estimate of drug-likeness (QED) is 0.508. The first kappa shape index (κ1) is 13.6. The fourth-order valence-electron chi connectivity index (χ4n) is 3.01. The molecule has 0 unspecified atom stereocenters. The number of aromatic nitrogens is 7. The Morgan fingerprint density at radius 2 is 2.00 bits per heavy atom. The molecular formula is C16H13N7S. The average molecular weight is 335 g/mol. The van der Waals surface area contributed by atoms with Crippen LogP contribution in [0, 0.1) is 20.8 Å². The predicted molar refractivity (Wildman–Crippen MR) is 93.3 cm³/mol. The summed E-state index contributed by atoms with van der Waals surface area (Å²) in [5.41, 5.74) is 5.63. The minimum atomic E-state index is 0.590. The van der Waals surface area contributed by atoms with Crippen LogP contribution in [0.4, 0.5) is 0 Å². The van der Waals surface area contributed by atoms with Crippen molar-refractivity contribution >= 4 is 37.4 Å². The molecule has 5 aromatic heterocycles. The van der Waals surface area contributed by atoms with Crippen molar-refractivity contribution in [2.24, 2.45) is 0 Å². The lowest BCUT2D eigenvalue weighted by Crippen LogP contribution is -1.90. The van der Waals surface area contributed by atoms with Crippen LogP contribution >= 0.6 is 11.3 Å². The number of aryl methyl sites for hydroxylation is 3. The Hall–Kier alpha value is -2.87. The number of hydrogen-bond donors (Lipinski definition) is 1. The molecule has 0 aromatic carbocycles. The molecule has 0 spiro atoms. The molecule has 0 aliphatic carbocycles. The first-order chi connectivity index (χ1) is 11.6. The van der Waals surface area contributed by atoms with Crippen LogP contribution in [0.5, 0.6) is 0 Å².